The second-order valence-electron chi connectivity index (χ2n) is 12.2. The lowest BCUT2D eigenvalue weighted by molar-refractivity contribution is 0.672. The molecule has 7 aromatic carbocycles. The molecule has 3 heterocycles. The molecule has 3 aromatic heterocycles. The second kappa shape index (κ2) is 10.5. The summed E-state index contributed by atoms with van der Waals surface area (Å²) in [5.41, 5.74) is 9.60. The van der Waals surface area contributed by atoms with Crippen LogP contribution in [0.3, 0.4) is 0 Å². The Labute approximate surface area is 276 Å². The van der Waals surface area contributed by atoms with Crippen molar-refractivity contribution in [2.45, 2.75) is 0 Å². The van der Waals surface area contributed by atoms with Gasteiger partial charge in [-0.2, -0.15) is 0 Å². The number of furan rings is 1. The monoisotopic (exact) mass is 613 g/mol. The van der Waals surface area contributed by atoms with E-state index in [4.69, 9.17) is 14.4 Å². The molecule has 0 N–H and O–H groups in total. The van der Waals surface area contributed by atoms with E-state index in [-0.39, 0.29) is 0 Å². The maximum Gasteiger partial charge on any atom is 0.160 e. The van der Waals surface area contributed by atoms with Gasteiger partial charge in [-0.3, -0.25) is 0 Å². The summed E-state index contributed by atoms with van der Waals surface area (Å²) in [6.07, 6.45) is 0. The minimum absolute atomic E-state index is 0.680. The van der Waals surface area contributed by atoms with Crippen LogP contribution < -0.4 is 0 Å². The molecule has 10 aromatic rings. The molecule has 4 nitrogen and oxygen atoms in total. The first-order valence-electron chi connectivity index (χ1n) is 16.2. The number of fused-ring (bicyclic) bond motifs is 8. The van der Waals surface area contributed by atoms with E-state index in [1.165, 1.54) is 16.2 Å². The Morgan fingerprint density at radius 1 is 0.438 bits per heavy atom. The zero-order chi connectivity index (χ0) is 31.6. The number of aromatic nitrogens is 3. The molecule has 4 heteroatoms. The predicted octanol–water partition coefficient (Wildman–Crippen LogP) is 11.6. The third-order valence-corrected chi connectivity index (χ3v) is 9.39. The first-order chi connectivity index (χ1) is 23.8. The molecule has 224 valence electrons. The van der Waals surface area contributed by atoms with Gasteiger partial charge in [0.2, 0.25) is 0 Å². The molecule has 0 atom stereocenters. The molecule has 0 bridgehead atoms. The van der Waals surface area contributed by atoms with Gasteiger partial charge in [-0.1, -0.05) is 127 Å². The Balaban J connectivity index is 1.27. The van der Waals surface area contributed by atoms with Crippen LogP contribution in [0.25, 0.3) is 94.1 Å². The number of rotatable bonds is 4. The van der Waals surface area contributed by atoms with Crippen molar-refractivity contribution in [3.05, 3.63) is 164 Å². The summed E-state index contributed by atoms with van der Waals surface area (Å²) < 4.78 is 9.39. The fraction of sp³-hybridized carbons (Fsp3) is 0. The fourth-order valence-corrected chi connectivity index (χ4v) is 7.15. The smallest absolute Gasteiger partial charge is 0.160 e. The Bertz CT molecular complexity index is 2770. The largest absolute Gasteiger partial charge is 0.453 e. The van der Waals surface area contributed by atoms with E-state index >= 15 is 0 Å². The average Bonchev–Trinajstić information content (AvgIpc) is 3.71. The normalized spacial score (nSPS) is 11.8. The average molecular weight is 614 g/mol. The van der Waals surface area contributed by atoms with Crippen molar-refractivity contribution in [1.82, 2.24) is 14.5 Å². The Morgan fingerprint density at radius 2 is 1.10 bits per heavy atom. The van der Waals surface area contributed by atoms with Gasteiger partial charge >= 0.3 is 0 Å². The third kappa shape index (κ3) is 4.10. The molecule has 48 heavy (non-hydrogen) atoms. The van der Waals surface area contributed by atoms with Crippen LogP contribution >= 0.6 is 0 Å². The summed E-state index contributed by atoms with van der Waals surface area (Å²) in [7, 11) is 0. The van der Waals surface area contributed by atoms with E-state index in [1.54, 1.807) is 0 Å². The number of para-hydroxylation sites is 2. The lowest BCUT2D eigenvalue weighted by Gasteiger charge is -2.10. The van der Waals surface area contributed by atoms with Crippen LogP contribution in [0.2, 0.25) is 0 Å². The third-order valence-electron chi connectivity index (χ3n) is 9.39. The maximum absolute atomic E-state index is 7.04. The van der Waals surface area contributed by atoms with Gasteiger partial charge < -0.3 is 8.98 Å². The highest BCUT2D eigenvalue weighted by molar-refractivity contribution is 6.22. The molecule has 0 spiro atoms. The number of nitrogens with zero attached hydrogens (tertiary/aromatic N) is 3. The predicted molar refractivity (Wildman–Crippen MR) is 197 cm³/mol. The first-order valence-corrected chi connectivity index (χ1v) is 16.2. The molecular weight excluding hydrogens is 587 g/mol. The molecule has 0 unspecified atom stereocenters. The quantitative estimate of drug-likeness (QED) is 0.198. The van der Waals surface area contributed by atoms with Crippen molar-refractivity contribution in [3.63, 3.8) is 0 Å². The Hall–Kier alpha value is -6.52. The van der Waals surface area contributed by atoms with E-state index in [2.05, 4.69) is 132 Å². The van der Waals surface area contributed by atoms with Crippen LogP contribution in [0.5, 0.6) is 0 Å². The number of hydrogen-bond donors (Lipinski definition) is 0. The van der Waals surface area contributed by atoms with Crippen molar-refractivity contribution in [1.29, 1.82) is 0 Å². The van der Waals surface area contributed by atoms with Gasteiger partial charge in [0.25, 0.3) is 0 Å². The van der Waals surface area contributed by atoms with E-state index in [1.807, 2.05) is 36.4 Å². The van der Waals surface area contributed by atoms with Crippen molar-refractivity contribution in [2.24, 2.45) is 0 Å². The fourth-order valence-electron chi connectivity index (χ4n) is 7.15. The van der Waals surface area contributed by atoms with Crippen LogP contribution in [0.15, 0.2) is 168 Å². The summed E-state index contributed by atoms with van der Waals surface area (Å²) in [6, 6.07) is 57.1. The summed E-state index contributed by atoms with van der Waals surface area (Å²) in [5.74, 6) is 0.680. The van der Waals surface area contributed by atoms with E-state index in [9.17, 15) is 0 Å². The maximum atomic E-state index is 7.04. The van der Waals surface area contributed by atoms with Crippen LogP contribution in [0.1, 0.15) is 0 Å². The topological polar surface area (TPSA) is 43.9 Å². The zero-order valence-corrected chi connectivity index (χ0v) is 25.8. The van der Waals surface area contributed by atoms with Crippen LogP contribution in [0.4, 0.5) is 0 Å². The van der Waals surface area contributed by atoms with Crippen LogP contribution in [0, 0.1) is 0 Å². The zero-order valence-electron chi connectivity index (χ0n) is 25.8. The van der Waals surface area contributed by atoms with Gasteiger partial charge in [0.05, 0.1) is 22.4 Å². The summed E-state index contributed by atoms with van der Waals surface area (Å²) >= 11 is 0. The summed E-state index contributed by atoms with van der Waals surface area (Å²) in [6.45, 7) is 0. The minimum atomic E-state index is 0.680. The summed E-state index contributed by atoms with van der Waals surface area (Å²) in [5, 5.41) is 6.90. The van der Waals surface area contributed by atoms with Gasteiger partial charge in [-0.15, -0.1) is 0 Å². The van der Waals surface area contributed by atoms with Gasteiger partial charge in [0.1, 0.15) is 5.58 Å². The standard InChI is InChI=1S/C44H27N3O/c1-3-13-29(14-4-1)38-27-39(46-44(45-38)30-15-5-2-6-16-30)37-20-11-19-35-36-25-24-34-33-18-9-10-21-40(33)47(41(34)43(36)48-42(35)37)32-23-22-28-12-7-8-17-31(28)26-32/h1-27H. The minimum Gasteiger partial charge on any atom is -0.453 e. The van der Waals surface area contributed by atoms with Crippen molar-refractivity contribution in [3.8, 4) is 39.6 Å². The van der Waals surface area contributed by atoms with Crippen molar-refractivity contribution < 1.29 is 4.42 Å². The Morgan fingerprint density at radius 3 is 1.96 bits per heavy atom. The van der Waals surface area contributed by atoms with Crippen molar-refractivity contribution >= 4 is 54.5 Å². The molecule has 0 fully saturated rings. The highest BCUT2D eigenvalue weighted by Crippen LogP contribution is 2.43. The number of hydrogen-bond acceptors (Lipinski definition) is 3. The molecule has 10 rings (SSSR count). The molecule has 0 aliphatic rings. The van der Waals surface area contributed by atoms with Crippen molar-refractivity contribution in [2.75, 3.05) is 0 Å². The lowest BCUT2D eigenvalue weighted by atomic mass is 10.0. The van der Waals surface area contributed by atoms with Crippen LogP contribution in [-0.2, 0) is 0 Å². The van der Waals surface area contributed by atoms with Gasteiger partial charge in [0, 0.05) is 43.9 Å². The van der Waals surface area contributed by atoms with Gasteiger partial charge in [-0.25, -0.2) is 9.97 Å². The highest BCUT2D eigenvalue weighted by atomic mass is 16.3. The van der Waals surface area contributed by atoms with Gasteiger partial charge in [0.15, 0.2) is 11.4 Å². The molecule has 0 amide bonds. The lowest BCUT2D eigenvalue weighted by Crippen LogP contribution is -1.96. The molecule has 0 saturated carbocycles. The van der Waals surface area contributed by atoms with Gasteiger partial charge in [-0.05, 0) is 47.2 Å². The highest BCUT2D eigenvalue weighted by Gasteiger charge is 2.21. The van der Waals surface area contributed by atoms with E-state index in [0.717, 1.165) is 72.1 Å². The summed E-state index contributed by atoms with van der Waals surface area (Å²) in [4.78, 5) is 10.1. The molecule has 0 aliphatic heterocycles. The number of benzene rings is 7. The Kier molecular flexibility index (Phi) is 5.84. The molecular formula is C44H27N3O. The van der Waals surface area contributed by atoms with Crippen LogP contribution in [-0.4, -0.2) is 14.5 Å². The second-order valence-corrected chi connectivity index (χ2v) is 12.2. The SMILES string of the molecule is c1ccc(-c2cc(-c3cccc4c3oc3c4ccc4c5ccccc5n(-c5ccc6ccccc6c5)c43)nc(-c3ccccc3)n2)cc1. The first kappa shape index (κ1) is 26.7. The molecule has 0 saturated heterocycles. The van der Waals surface area contributed by atoms with E-state index in [0.29, 0.717) is 5.82 Å². The molecule has 0 aliphatic carbocycles. The molecule has 0 radical (unpaired) electrons. The van der Waals surface area contributed by atoms with E-state index < -0.39 is 0 Å².